The summed E-state index contributed by atoms with van der Waals surface area (Å²) in [5, 5.41) is 17.2. The van der Waals surface area contributed by atoms with Gasteiger partial charge in [-0.1, -0.05) is 97.1 Å². The van der Waals surface area contributed by atoms with E-state index in [1.807, 2.05) is 91.0 Å². The fourth-order valence-electron chi connectivity index (χ4n) is 8.14. The Morgan fingerprint density at radius 2 is 1.45 bits per heavy atom. The van der Waals surface area contributed by atoms with Crippen molar-refractivity contribution < 1.29 is 23.6 Å². The highest BCUT2D eigenvalue weighted by molar-refractivity contribution is 7.92. The average molecular weight is 731 g/mol. The second-order valence-electron chi connectivity index (χ2n) is 14.1. The Morgan fingerprint density at radius 1 is 0.906 bits per heavy atom. The first-order chi connectivity index (χ1) is 25.7. The number of anilines is 1. The van der Waals surface area contributed by atoms with Crippen LogP contribution in [0.5, 0.6) is 5.88 Å². The van der Waals surface area contributed by atoms with Crippen LogP contribution in [0.15, 0.2) is 113 Å². The number of ether oxygens (including phenoxy) is 1. The molecule has 0 spiro atoms. The lowest BCUT2D eigenvalue weighted by Gasteiger charge is -2.33. The summed E-state index contributed by atoms with van der Waals surface area (Å²) in [5.41, 5.74) is 6.58. The van der Waals surface area contributed by atoms with Crippen LogP contribution >= 0.6 is 0 Å². The molecule has 2 atom stereocenters. The van der Waals surface area contributed by atoms with Crippen molar-refractivity contribution in [3.63, 3.8) is 0 Å². The summed E-state index contributed by atoms with van der Waals surface area (Å²) >= 11 is 0. The smallest absolute Gasteiger partial charge is 0.407 e. The van der Waals surface area contributed by atoms with E-state index >= 15 is 4.21 Å². The van der Waals surface area contributed by atoms with Gasteiger partial charge < -0.3 is 20.1 Å². The number of nitrogens with zero attached hydrogens (tertiary/aromatic N) is 4. The van der Waals surface area contributed by atoms with E-state index in [0.29, 0.717) is 6.54 Å². The van der Waals surface area contributed by atoms with Crippen LogP contribution in [-0.2, 0) is 47.7 Å². The normalized spacial score (nSPS) is 17.0. The SMILES string of the molecule is CN(CC1COc2c(S(=O)(=NC(c3ccccc3)(c3ccccc3)c3ccccc3)NC(=O)Nc3c4c(cc5c3CCC5)CCC4)cnn2C1)C(=O)O. The number of nitrogens with one attached hydrogen (secondary N) is 2. The maximum Gasteiger partial charge on any atom is 0.407 e. The molecule has 0 bridgehead atoms. The molecule has 3 amide bonds. The third-order valence-corrected chi connectivity index (χ3v) is 12.5. The molecule has 1 aliphatic heterocycles. The summed E-state index contributed by atoms with van der Waals surface area (Å²) in [7, 11) is -2.41. The first kappa shape index (κ1) is 34.5. The fourth-order valence-corrected chi connectivity index (χ4v) is 9.99. The number of aryl methyl sites for hydroxylation is 2. The summed E-state index contributed by atoms with van der Waals surface area (Å²) in [6.07, 6.45) is 6.16. The van der Waals surface area contributed by atoms with E-state index in [-0.39, 0.29) is 29.8 Å². The fraction of sp³-hybridized carbons (Fsp3) is 0.293. The zero-order valence-corrected chi connectivity index (χ0v) is 30.4. The third kappa shape index (κ3) is 6.41. The van der Waals surface area contributed by atoms with Gasteiger partial charge >= 0.3 is 12.1 Å². The van der Waals surface area contributed by atoms with Crippen LogP contribution < -0.4 is 14.8 Å². The van der Waals surface area contributed by atoms with Crippen LogP contribution in [0.2, 0.25) is 0 Å². The predicted octanol–water partition coefficient (Wildman–Crippen LogP) is 7.03. The Balaban J connectivity index is 1.30. The molecule has 0 saturated heterocycles. The van der Waals surface area contributed by atoms with Gasteiger partial charge in [-0.15, -0.1) is 0 Å². The molecule has 0 saturated carbocycles. The lowest BCUT2D eigenvalue weighted by atomic mass is 9.78. The standard InChI is InChI=1S/C41H42N6O5S/c1-46(40(49)50)25-28-26-47-38(52-27-28)36(24-42-47)53(51,44-39(48)43-37-34-21-11-13-29(34)23-30-14-12-22-35(30)37)45-41(31-15-5-2-6-16-31,32-17-7-3-8-18-32)33-19-9-4-10-20-33/h2-10,15-20,23-24,28H,11-14,21-22,25-27H2,1H3,(H,49,50)(H2,43,44,45,48,51). The minimum atomic E-state index is -3.92. The predicted molar refractivity (Wildman–Crippen MR) is 203 cm³/mol. The molecule has 53 heavy (non-hydrogen) atoms. The molecule has 11 nitrogen and oxygen atoms in total. The number of benzene rings is 4. The monoisotopic (exact) mass is 730 g/mol. The highest BCUT2D eigenvalue weighted by atomic mass is 32.2. The van der Waals surface area contributed by atoms with Crippen LogP contribution in [0.25, 0.3) is 0 Å². The first-order valence-corrected chi connectivity index (χ1v) is 19.6. The number of hydrogen-bond donors (Lipinski definition) is 3. The van der Waals surface area contributed by atoms with Crippen LogP contribution in [0.1, 0.15) is 51.8 Å². The maximum absolute atomic E-state index is 16.1. The van der Waals surface area contributed by atoms with Gasteiger partial charge in [0.15, 0.2) is 9.92 Å². The molecule has 0 fully saturated rings. The van der Waals surface area contributed by atoms with E-state index < -0.39 is 27.6 Å². The molecule has 272 valence electrons. The van der Waals surface area contributed by atoms with Crippen molar-refractivity contribution in [3.05, 3.63) is 142 Å². The van der Waals surface area contributed by atoms with E-state index in [9.17, 15) is 14.7 Å². The number of rotatable bonds is 9. The Kier molecular flexibility index (Phi) is 9.15. The number of fused-ring (bicyclic) bond motifs is 3. The molecule has 3 aliphatic rings. The van der Waals surface area contributed by atoms with Gasteiger partial charge in [-0.25, -0.2) is 23.2 Å². The van der Waals surface area contributed by atoms with E-state index in [2.05, 4.69) is 21.2 Å². The van der Waals surface area contributed by atoms with Gasteiger partial charge in [0.05, 0.1) is 19.3 Å². The number of carbonyl (C=O) groups excluding carboxylic acids is 1. The number of carbonyl (C=O) groups is 2. The van der Waals surface area contributed by atoms with Gasteiger partial charge in [-0.2, -0.15) is 9.46 Å². The number of aromatic nitrogens is 2. The summed E-state index contributed by atoms with van der Waals surface area (Å²) in [4.78, 5) is 27.3. The van der Waals surface area contributed by atoms with E-state index in [1.165, 1.54) is 29.3 Å². The zero-order chi connectivity index (χ0) is 36.6. The van der Waals surface area contributed by atoms with Crippen molar-refractivity contribution >= 4 is 27.7 Å². The topological polar surface area (TPSA) is 138 Å². The second kappa shape index (κ2) is 14.1. The summed E-state index contributed by atoms with van der Waals surface area (Å²) in [6, 6.07) is 30.7. The van der Waals surface area contributed by atoms with Crippen molar-refractivity contribution in [1.82, 2.24) is 19.4 Å². The highest BCUT2D eigenvalue weighted by Crippen LogP contribution is 2.44. The van der Waals surface area contributed by atoms with Gasteiger partial charge in [-0.3, -0.25) is 0 Å². The molecule has 8 rings (SSSR count). The molecule has 2 unspecified atom stereocenters. The van der Waals surface area contributed by atoms with Crippen LogP contribution in [0, 0.1) is 5.92 Å². The lowest BCUT2D eigenvalue weighted by Crippen LogP contribution is -2.39. The van der Waals surface area contributed by atoms with Gasteiger partial charge in [0.2, 0.25) is 5.88 Å². The first-order valence-electron chi connectivity index (χ1n) is 18.1. The molecule has 1 aromatic heterocycles. The highest BCUT2D eigenvalue weighted by Gasteiger charge is 2.41. The Bertz CT molecular complexity index is 2160. The van der Waals surface area contributed by atoms with E-state index in [1.54, 1.807) is 4.68 Å². The van der Waals surface area contributed by atoms with Crippen molar-refractivity contribution in [2.45, 2.75) is 55.5 Å². The molecule has 3 N–H and O–H groups in total. The van der Waals surface area contributed by atoms with E-state index in [4.69, 9.17) is 9.10 Å². The van der Waals surface area contributed by atoms with Crippen LogP contribution in [0.3, 0.4) is 0 Å². The number of urea groups is 1. The molecule has 4 aromatic carbocycles. The summed E-state index contributed by atoms with van der Waals surface area (Å²) in [6.45, 7) is 0.731. The molecule has 0 radical (unpaired) electrons. The zero-order valence-electron chi connectivity index (χ0n) is 29.5. The molecular weight excluding hydrogens is 689 g/mol. The largest absolute Gasteiger partial charge is 0.476 e. The quantitative estimate of drug-likeness (QED) is 0.139. The molecule has 12 heteroatoms. The average Bonchev–Trinajstić information content (AvgIpc) is 3.95. The van der Waals surface area contributed by atoms with Gasteiger partial charge in [0.25, 0.3) is 0 Å². The van der Waals surface area contributed by atoms with Crippen molar-refractivity contribution in [3.8, 4) is 5.88 Å². The summed E-state index contributed by atoms with van der Waals surface area (Å²) < 4.78 is 32.2. The lowest BCUT2D eigenvalue weighted by molar-refractivity contribution is 0.113. The molecule has 2 heterocycles. The van der Waals surface area contributed by atoms with Crippen molar-refractivity contribution in [2.24, 2.45) is 10.3 Å². The van der Waals surface area contributed by atoms with Crippen molar-refractivity contribution in [1.29, 1.82) is 0 Å². The van der Waals surface area contributed by atoms with E-state index in [0.717, 1.165) is 72.0 Å². The minimum Gasteiger partial charge on any atom is -0.476 e. The minimum absolute atomic E-state index is 0.133. The second-order valence-corrected chi connectivity index (χ2v) is 15.9. The maximum atomic E-state index is 16.1. The number of carboxylic acid groups (broad SMARTS) is 1. The Hall–Kier alpha value is -5.62. The van der Waals surface area contributed by atoms with Gasteiger partial charge in [0.1, 0.15) is 10.4 Å². The summed E-state index contributed by atoms with van der Waals surface area (Å²) in [5.74, 6) is 0.0257. The molecule has 2 aliphatic carbocycles. The number of amides is 3. The molecular formula is C41H42N6O5S. The van der Waals surface area contributed by atoms with Crippen LogP contribution in [0.4, 0.5) is 15.3 Å². The number of hydrogen-bond acceptors (Lipinski definition) is 6. The Labute approximate surface area is 309 Å². The molecule has 5 aromatic rings. The van der Waals surface area contributed by atoms with Gasteiger partial charge in [0, 0.05) is 25.2 Å². The van der Waals surface area contributed by atoms with Gasteiger partial charge in [-0.05, 0) is 77.5 Å². The van der Waals surface area contributed by atoms with Crippen LogP contribution in [-0.4, -0.2) is 56.3 Å². The third-order valence-electron chi connectivity index (χ3n) is 10.6. The Morgan fingerprint density at radius 3 is 1.98 bits per heavy atom. The van der Waals surface area contributed by atoms with Crippen molar-refractivity contribution in [2.75, 3.05) is 25.5 Å².